The van der Waals surface area contributed by atoms with Gasteiger partial charge in [0.05, 0.1) is 0 Å². The zero-order valence-electron chi connectivity index (χ0n) is 8.87. The van der Waals surface area contributed by atoms with E-state index in [1.807, 2.05) is 0 Å². The third-order valence-electron chi connectivity index (χ3n) is 3.38. The summed E-state index contributed by atoms with van der Waals surface area (Å²) in [5, 5.41) is 0. The minimum absolute atomic E-state index is 0.0869. The lowest BCUT2D eigenvalue weighted by Crippen LogP contribution is -2.18. The van der Waals surface area contributed by atoms with E-state index >= 15 is 0 Å². The van der Waals surface area contributed by atoms with Crippen molar-refractivity contribution in [2.24, 2.45) is 5.92 Å². The topological polar surface area (TPSA) is 25.8 Å². The number of aromatic nitrogens is 2. The van der Waals surface area contributed by atoms with Gasteiger partial charge >= 0.3 is 0 Å². The van der Waals surface area contributed by atoms with E-state index in [0.717, 1.165) is 12.8 Å². The van der Waals surface area contributed by atoms with Crippen LogP contribution in [0.4, 0.5) is 8.78 Å². The molecule has 1 fully saturated rings. The normalized spacial score (nSPS) is 18.5. The highest BCUT2D eigenvalue weighted by Crippen LogP contribution is 2.55. The van der Waals surface area contributed by atoms with Gasteiger partial charge in [-0.1, -0.05) is 13.8 Å². The van der Waals surface area contributed by atoms with Crippen molar-refractivity contribution in [2.75, 3.05) is 0 Å². The Morgan fingerprint density at radius 2 is 2.00 bits per heavy atom. The molecule has 2 nitrogen and oxygen atoms in total. The van der Waals surface area contributed by atoms with Gasteiger partial charge < -0.3 is 0 Å². The number of hydrogen-bond donors (Lipinski definition) is 0. The molecule has 1 aliphatic carbocycles. The first-order valence-corrected chi connectivity index (χ1v) is 5.16. The Morgan fingerprint density at radius 1 is 1.33 bits per heavy atom. The fourth-order valence-corrected chi connectivity index (χ4v) is 2.19. The highest BCUT2D eigenvalue weighted by Gasteiger charge is 2.49. The SMILES string of the molecule is CC(C)C1(c2cncnc2C(F)F)CC1. The van der Waals surface area contributed by atoms with Crippen LogP contribution in [0.3, 0.4) is 0 Å². The van der Waals surface area contributed by atoms with E-state index in [2.05, 4.69) is 23.8 Å². The Hall–Kier alpha value is -1.06. The second kappa shape index (κ2) is 3.51. The van der Waals surface area contributed by atoms with Crippen LogP contribution in [0, 0.1) is 5.92 Å². The van der Waals surface area contributed by atoms with E-state index in [1.165, 1.54) is 6.33 Å². The molecule has 1 heterocycles. The van der Waals surface area contributed by atoms with Gasteiger partial charge in [0, 0.05) is 17.2 Å². The first-order chi connectivity index (χ1) is 7.08. The van der Waals surface area contributed by atoms with Crippen molar-refractivity contribution in [2.45, 2.75) is 38.5 Å². The first kappa shape index (κ1) is 10.5. The van der Waals surface area contributed by atoms with Gasteiger partial charge in [-0.05, 0) is 18.8 Å². The monoisotopic (exact) mass is 212 g/mol. The molecule has 1 aromatic heterocycles. The maximum absolute atomic E-state index is 12.8. The average Bonchev–Trinajstić information content (AvgIpc) is 2.98. The fraction of sp³-hybridized carbons (Fsp3) is 0.636. The van der Waals surface area contributed by atoms with E-state index in [4.69, 9.17) is 0 Å². The Labute approximate surface area is 87.8 Å². The third-order valence-corrected chi connectivity index (χ3v) is 3.38. The van der Waals surface area contributed by atoms with E-state index in [1.54, 1.807) is 6.20 Å². The number of halogens is 2. The van der Waals surface area contributed by atoms with Crippen LogP contribution in [0.15, 0.2) is 12.5 Å². The van der Waals surface area contributed by atoms with Crippen molar-refractivity contribution >= 4 is 0 Å². The van der Waals surface area contributed by atoms with Crippen LogP contribution in [0.5, 0.6) is 0 Å². The second-order valence-electron chi connectivity index (χ2n) is 4.43. The molecule has 0 bridgehead atoms. The zero-order chi connectivity index (χ0) is 11.1. The summed E-state index contributed by atoms with van der Waals surface area (Å²) in [7, 11) is 0. The van der Waals surface area contributed by atoms with Crippen LogP contribution in [0.1, 0.15) is 44.4 Å². The number of nitrogens with zero attached hydrogens (tertiary/aromatic N) is 2. The molecule has 2 rings (SSSR count). The molecular formula is C11H14F2N2. The lowest BCUT2D eigenvalue weighted by molar-refractivity contribution is 0.143. The van der Waals surface area contributed by atoms with E-state index in [-0.39, 0.29) is 11.1 Å². The molecule has 0 aliphatic heterocycles. The summed E-state index contributed by atoms with van der Waals surface area (Å²) < 4.78 is 25.5. The largest absolute Gasteiger partial charge is 0.280 e. The van der Waals surface area contributed by atoms with Gasteiger partial charge in [-0.25, -0.2) is 18.7 Å². The molecular weight excluding hydrogens is 198 g/mol. The van der Waals surface area contributed by atoms with Gasteiger partial charge in [-0.3, -0.25) is 0 Å². The summed E-state index contributed by atoms with van der Waals surface area (Å²) in [4.78, 5) is 7.58. The molecule has 0 unspecified atom stereocenters. The van der Waals surface area contributed by atoms with Crippen molar-refractivity contribution in [3.8, 4) is 0 Å². The van der Waals surface area contributed by atoms with E-state index < -0.39 is 6.43 Å². The number of rotatable bonds is 3. The Kier molecular flexibility index (Phi) is 2.44. The smallest absolute Gasteiger partial charge is 0.244 e. The van der Waals surface area contributed by atoms with Crippen molar-refractivity contribution in [1.82, 2.24) is 9.97 Å². The lowest BCUT2D eigenvalue weighted by atomic mass is 9.85. The third kappa shape index (κ3) is 1.62. The fourth-order valence-electron chi connectivity index (χ4n) is 2.19. The molecule has 0 atom stereocenters. The van der Waals surface area contributed by atoms with Crippen LogP contribution in [-0.4, -0.2) is 9.97 Å². The summed E-state index contributed by atoms with van der Waals surface area (Å²) in [6.07, 6.45) is 2.19. The molecule has 15 heavy (non-hydrogen) atoms. The summed E-state index contributed by atoms with van der Waals surface area (Å²) in [5.41, 5.74) is 0.471. The molecule has 0 N–H and O–H groups in total. The Morgan fingerprint density at radius 3 is 2.47 bits per heavy atom. The van der Waals surface area contributed by atoms with E-state index in [0.29, 0.717) is 11.5 Å². The van der Waals surface area contributed by atoms with Crippen LogP contribution in [0.2, 0.25) is 0 Å². The van der Waals surface area contributed by atoms with Crippen molar-refractivity contribution in [1.29, 1.82) is 0 Å². The highest BCUT2D eigenvalue weighted by molar-refractivity contribution is 5.34. The molecule has 0 aromatic carbocycles. The Balaban J connectivity index is 2.44. The second-order valence-corrected chi connectivity index (χ2v) is 4.43. The molecule has 0 spiro atoms. The van der Waals surface area contributed by atoms with Crippen molar-refractivity contribution < 1.29 is 8.78 Å². The van der Waals surface area contributed by atoms with Crippen LogP contribution < -0.4 is 0 Å². The van der Waals surface area contributed by atoms with Gasteiger partial charge in [-0.2, -0.15) is 0 Å². The molecule has 82 valence electrons. The molecule has 0 saturated heterocycles. The molecule has 4 heteroatoms. The zero-order valence-corrected chi connectivity index (χ0v) is 8.87. The van der Waals surface area contributed by atoms with Crippen molar-refractivity contribution in [3.63, 3.8) is 0 Å². The van der Waals surface area contributed by atoms with Crippen LogP contribution >= 0.6 is 0 Å². The quantitative estimate of drug-likeness (QED) is 0.769. The summed E-state index contributed by atoms with van der Waals surface area (Å²) in [6, 6.07) is 0. The van der Waals surface area contributed by atoms with Gasteiger partial charge in [0.15, 0.2) is 0 Å². The summed E-state index contributed by atoms with van der Waals surface area (Å²) in [6.45, 7) is 4.13. The van der Waals surface area contributed by atoms with Gasteiger partial charge in [-0.15, -0.1) is 0 Å². The van der Waals surface area contributed by atoms with Gasteiger partial charge in [0.2, 0.25) is 0 Å². The van der Waals surface area contributed by atoms with Crippen LogP contribution in [-0.2, 0) is 5.41 Å². The number of hydrogen-bond acceptors (Lipinski definition) is 2. The minimum atomic E-state index is -2.50. The van der Waals surface area contributed by atoms with Gasteiger partial charge in [0.25, 0.3) is 6.43 Å². The maximum Gasteiger partial charge on any atom is 0.280 e. The standard InChI is InChI=1S/C11H14F2N2/c1-7(2)11(3-4-11)8-5-14-6-15-9(8)10(12)13/h5-7,10H,3-4H2,1-2H3. The number of alkyl halides is 2. The predicted octanol–water partition coefficient (Wildman–Crippen LogP) is 3.10. The maximum atomic E-state index is 12.8. The molecule has 1 aromatic rings. The summed E-state index contributed by atoms with van der Waals surface area (Å²) >= 11 is 0. The van der Waals surface area contributed by atoms with Crippen molar-refractivity contribution in [3.05, 3.63) is 23.8 Å². The van der Waals surface area contributed by atoms with Crippen LogP contribution in [0.25, 0.3) is 0 Å². The lowest BCUT2D eigenvalue weighted by Gasteiger charge is -2.21. The predicted molar refractivity (Wildman–Crippen MR) is 52.7 cm³/mol. The van der Waals surface area contributed by atoms with Gasteiger partial charge in [0.1, 0.15) is 12.0 Å². The summed E-state index contributed by atoms with van der Waals surface area (Å²) in [5.74, 6) is 0.362. The van der Waals surface area contributed by atoms with E-state index in [9.17, 15) is 8.78 Å². The first-order valence-electron chi connectivity index (χ1n) is 5.16. The minimum Gasteiger partial charge on any atom is -0.244 e. The molecule has 1 saturated carbocycles. The molecule has 0 radical (unpaired) electrons. The molecule has 0 amide bonds. The molecule has 1 aliphatic rings. The Bertz CT molecular complexity index is 359. The average molecular weight is 212 g/mol. The highest BCUT2D eigenvalue weighted by atomic mass is 19.3.